The summed E-state index contributed by atoms with van der Waals surface area (Å²) in [5.41, 5.74) is 7.08. The lowest BCUT2D eigenvalue weighted by Crippen LogP contribution is -2.01. The van der Waals surface area contributed by atoms with Crippen LogP contribution < -0.4 is 0 Å². The minimum absolute atomic E-state index is 0.875. The van der Waals surface area contributed by atoms with E-state index in [-0.39, 0.29) is 0 Å². The molecule has 7 rings (SSSR count). The number of hydrogen-bond donors (Lipinski definition) is 0. The Morgan fingerprint density at radius 1 is 0.722 bits per heavy atom. The molecule has 2 aromatic carbocycles. The van der Waals surface area contributed by atoms with E-state index in [1.165, 1.54) is 0 Å². The molecule has 4 heterocycles. The number of imidazole rings is 2. The lowest BCUT2D eigenvalue weighted by atomic mass is 10.1. The van der Waals surface area contributed by atoms with Crippen LogP contribution in [-0.2, 0) is 6.42 Å². The Morgan fingerprint density at radius 2 is 1.53 bits per heavy atom. The minimum Gasteiger partial charge on any atom is -0.277 e. The predicted molar refractivity (Wildman–Crippen MR) is 145 cm³/mol. The van der Waals surface area contributed by atoms with Crippen molar-refractivity contribution in [2.24, 2.45) is 4.99 Å². The summed E-state index contributed by atoms with van der Waals surface area (Å²) in [5.74, 6) is 2.73. The van der Waals surface area contributed by atoms with Crippen LogP contribution in [0.2, 0.25) is 0 Å². The molecule has 0 fully saturated rings. The van der Waals surface area contributed by atoms with E-state index < -0.39 is 0 Å². The summed E-state index contributed by atoms with van der Waals surface area (Å²) in [5, 5.41) is 0. The number of benzene rings is 2. The molecule has 1 aliphatic carbocycles. The van der Waals surface area contributed by atoms with Gasteiger partial charge in [0.1, 0.15) is 17.2 Å². The highest BCUT2D eigenvalue weighted by Gasteiger charge is 2.21. The highest BCUT2D eigenvalue weighted by atomic mass is 15.2. The van der Waals surface area contributed by atoms with Crippen molar-refractivity contribution in [1.29, 1.82) is 0 Å². The second-order valence-corrected chi connectivity index (χ2v) is 9.03. The Bertz CT molecular complexity index is 1670. The van der Waals surface area contributed by atoms with Gasteiger partial charge in [0.15, 0.2) is 11.5 Å². The summed E-state index contributed by atoms with van der Waals surface area (Å²) in [7, 11) is 0. The molecule has 1 aliphatic heterocycles. The molecule has 2 aliphatic rings. The van der Waals surface area contributed by atoms with E-state index in [0.29, 0.717) is 0 Å². The molecule has 0 unspecified atom stereocenters. The van der Waals surface area contributed by atoms with Gasteiger partial charge in [-0.3, -0.25) is 9.13 Å². The third-order valence-electron chi connectivity index (χ3n) is 6.71. The third kappa shape index (κ3) is 3.41. The maximum Gasteiger partial charge on any atom is 0.164 e. The lowest BCUT2D eigenvalue weighted by Gasteiger charge is -2.13. The first kappa shape index (κ1) is 20.8. The van der Waals surface area contributed by atoms with Gasteiger partial charge >= 0.3 is 0 Å². The molecule has 0 N–H and O–H groups in total. The van der Waals surface area contributed by atoms with E-state index in [1.54, 1.807) is 0 Å². The zero-order valence-electron chi connectivity index (χ0n) is 19.7. The van der Waals surface area contributed by atoms with Gasteiger partial charge in [-0.1, -0.05) is 54.6 Å². The zero-order valence-corrected chi connectivity index (χ0v) is 19.7. The molecule has 6 nitrogen and oxygen atoms in total. The number of pyridine rings is 1. The highest BCUT2D eigenvalue weighted by Crippen LogP contribution is 2.35. The van der Waals surface area contributed by atoms with Crippen LogP contribution >= 0.6 is 0 Å². The van der Waals surface area contributed by atoms with Crippen molar-refractivity contribution in [3.8, 4) is 28.5 Å². The molecule has 0 radical (unpaired) electrons. The second-order valence-electron chi connectivity index (χ2n) is 9.03. The van der Waals surface area contributed by atoms with E-state index in [4.69, 9.17) is 15.0 Å². The largest absolute Gasteiger partial charge is 0.277 e. The number of hydrogen-bond acceptors (Lipinski definition) is 4. The summed E-state index contributed by atoms with van der Waals surface area (Å²) in [4.78, 5) is 19.3. The van der Waals surface area contributed by atoms with Crippen LogP contribution in [0.1, 0.15) is 25.0 Å². The standard InChI is InChI=1S/C30H24N6/c1-3-9-23(10-4-1)35-27(33-25-13-7-19-31-29(25)35)21-15-17-22(18-16-21)28-34-26-14-8-20-32-30(26)36(28)24-11-5-2-6-12-24/h1,3-5,8-12,14-20H,2,6-7,13H2. The Balaban J connectivity index is 1.35. The minimum atomic E-state index is 0.875. The summed E-state index contributed by atoms with van der Waals surface area (Å²) >= 11 is 0. The Labute approximate surface area is 209 Å². The number of aliphatic imine (C=N–C) groups is 1. The van der Waals surface area contributed by atoms with Crippen LogP contribution in [0.3, 0.4) is 0 Å². The molecular weight excluding hydrogens is 444 g/mol. The van der Waals surface area contributed by atoms with Gasteiger partial charge in [-0.25, -0.2) is 19.9 Å². The maximum absolute atomic E-state index is 5.03. The first-order valence-electron chi connectivity index (χ1n) is 12.4. The monoisotopic (exact) mass is 468 g/mol. The van der Waals surface area contributed by atoms with Gasteiger partial charge in [0.05, 0.1) is 5.69 Å². The quantitative estimate of drug-likeness (QED) is 0.292. The van der Waals surface area contributed by atoms with Crippen molar-refractivity contribution >= 4 is 28.9 Å². The third-order valence-corrected chi connectivity index (χ3v) is 6.71. The van der Waals surface area contributed by atoms with Crippen molar-refractivity contribution in [3.05, 3.63) is 96.8 Å². The molecular formula is C30H24N6. The van der Waals surface area contributed by atoms with Crippen molar-refractivity contribution in [1.82, 2.24) is 24.1 Å². The van der Waals surface area contributed by atoms with Crippen molar-refractivity contribution in [2.45, 2.75) is 25.7 Å². The van der Waals surface area contributed by atoms with Gasteiger partial charge in [0.2, 0.25) is 0 Å². The van der Waals surface area contributed by atoms with Crippen LogP contribution in [0.5, 0.6) is 0 Å². The van der Waals surface area contributed by atoms with Crippen molar-refractivity contribution in [3.63, 3.8) is 0 Å². The van der Waals surface area contributed by atoms with Gasteiger partial charge in [0, 0.05) is 34.9 Å². The molecule has 0 amide bonds. The van der Waals surface area contributed by atoms with E-state index in [1.807, 2.05) is 42.7 Å². The lowest BCUT2D eigenvalue weighted by molar-refractivity contribution is 0.970. The van der Waals surface area contributed by atoms with Gasteiger partial charge < -0.3 is 0 Å². The van der Waals surface area contributed by atoms with E-state index >= 15 is 0 Å². The topological polar surface area (TPSA) is 60.9 Å². The molecule has 0 spiro atoms. The van der Waals surface area contributed by atoms with Crippen molar-refractivity contribution < 1.29 is 0 Å². The maximum atomic E-state index is 5.03. The van der Waals surface area contributed by atoms with Gasteiger partial charge in [-0.2, -0.15) is 0 Å². The molecule has 0 atom stereocenters. The molecule has 3 aromatic heterocycles. The Kier molecular flexibility index (Phi) is 4.94. The first-order valence-corrected chi connectivity index (χ1v) is 12.4. The van der Waals surface area contributed by atoms with Crippen LogP contribution in [-0.4, -0.2) is 30.3 Å². The van der Waals surface area contributed by atoms with Gasteiger partial charge in [-0.15, -0.1) is 0 Å². The first-order chi connectivity index (χ1) is 17.9. The second kappa shape index (κ2) is 8.57. The highest BCUT2D eigenvalue weighted by molar-refractivity contribution is 5.84. The smallest absolute Gasteiger partial charge is 0.164 e. The normalized spacial score (nSPS) is 14.7. The number of aromatic nitrogens is 5. The fourth-order valence-corrected chi connectivity index (χ4v) is 5.01. The number of para-hydroxylation sites is 1. The average Bonchev–Trinajstić information content (AvgIpc) is 3.53. The van der Waals surface area contributed by atoms with Crippen LogP contribution in [0.4, 0.5) is 5.82 Å². The average molecular weight is 469 g/mol. The fraction of sp³-hybridized carbons (Fsp3) is 0.133. The van der Waals surface area contributed by atoms with E-state index in [9.17, 15) is 0 Å². The van der Waals surface area contributed by atoms with E-state index in [2.05, 4.69) is 68.7 Å². The molecule has 5 aromatic rings. The summed E-state index contributed by atoms with van der Waals surface area (Å²) in [6, 6.07) is 22.8. The summed E-state index contributed by atoms with van der Waals surface area (Å²) < 4.78 is 4.33. The molecule has 0 saturated heterocycles. The SMILES string of the molecule is C1=CC(n2c(-c3ccc(-c4nc5c(n4-c4ccccc4)N=CCC5)cc3)nc3cccnc32)=CCC1. The Morgan fingerprint density at radius 3 is 2.31 bits per heavy atom. The zero-order chi connectivity index (χ0) is 23.9. The van der Waals surface area contributed by atoms with Crippen LogP contribution in [0.25, 0.3) is 45.3 Å². The molecule has 6 heteroatoms. The van der Waals surface area contributed by atoms with Gasteiger partial charge in [0.25, 0.3) is 0 Å². The van der Waals surface area contributed by atoms with Crippen LogP contribution in [0.15, 0.2) is 96.1 Å². The molecule has 174 valence electrons. The fourth-order valence-electron chi connectivity index (χ4n) is 5.01. The number of rotatable bonds is 4. The molecule has 0 saturated carbocycles. The summed E-state index contributed by atoms with van der Waals surface area (Å²) in [6.07, 6.45) is 14.4. The number of allylic oxidation sites excluding steroid dienone is 4. The number of fused-ring (bicyclic) bond motifs is 2. The molecule has 36 heavy (non-hydrogen) atoms. The summed E-state index contributed by atoms with van der Waals surface area (Å²) in [6.45, 7) is 0. The molecule has 0 bridgehead atoms. The van der Waals surface area contributed by atoms with Crippen molar-refractivity contribution in [2.75, 3.05) is 0 Å². The van der Waals surface area contributed by atoms with Crippen LogP contribution in [0, 0.1) is 0 Å². The Hall–Kier alpha value is -4.58. The number of nitrogens with zero attached hydrogens (tertiary/aromatic N) is 6. The number of aryl methyl sites for hydroxylation is 1. The van der Waals surface area contributed by atoms with E-state index in [0.717, 1.165) is 82.5 Å². The van der Waals surface area contributed by atoms with Gasteiger partial charge in [-0.05, 0) is 56.0 Å². The predicted octanol–water partition coefficient (Wildman–Crippen LogP) is 6.79.